The highest BCUT2D eigenvalue weighted by molar-refractivity contribution is 7.11. The van der Waals surface area contributed by atoms with Crippen LogP contribution in [-0.2, 0) is 6.54 Å². The molecule has 2 N–H and O–H groups in total. The summed E-state index contributed by atoms with van der Waals surface area (Å²) < 4.78 is 0. The summed E-state index contributed by atoms with van der Waals surface area (Å²) >= 11 is 1.19. The highest BCUT2D eigenvalue weighted by Crippen LogP contribution is 2.31. The molecule has 1 aliphatic carbocycles. The summed E-state index contributed by atoms with van der Waals surface area (Å²) in [7, 11) is 0. The van der Waals surface area contributed by atoms with E-state index in [1.54, 1.807) is 0 Å². The lowest BCUT2D eigenvalue weighted by Gasteiger charge is -2.14. The number of thiazole rings is 1. The molecule has 0 spiro atoms. The number of aromatic nitrogens is 1. The lowest BCUT2D eigenvalue weighted by molar-refractivity contribution is 0.0696. The van der Waals surface area contributed by atoms with Crippen molar-refractivity contribution in [1.29, 1.82) is 0 Å². The first-order valence-electron chi connectivity index (χ1n) is 6.85. The number of likely N-dealkylation sites (tertiary alicyclic amines) is 1. The van der Waals surface area contributed by atoms with E-state index in [-0.39, 0.29) is 5.01 Å². The van der Waals surface area contributed by atoms with Gasteiger partial charge in [0.1, 0.15) is 0 Å². The van der Waals surface area contributed by atoms with E-state index in [1.165, 1.54) is 43.7 Å². The van der Waals surface area contributed by atoms with Crippen molar-refractivity contribution in [3.63, 3.8) is 0 Å². The molecule has 0 radical (unpaired) electrons. The van der Waals surface area contributed by atoms with Crippen LogP contribution in [0.2, 0.25) is 0 Å². The standard InChI is InChI=1S/C13H19N3O2S/c17-13(18)12-15-10(8-19-12)6-14-5-9-3-4-16(7-9)11-1-2-11/h8-9,11,14H,1-7H2,(H,17,18). The van der Waals surface area contributed by atoms with Crippen LogP contribution in [0.5, 0.6) is 0 Å². The van der Waals surface area contributed by atoms with Crippen molar-refractivity contribution in [3.05, 3.63) is 16.1 Å². The number of rotatable bonds is 6. The molecule has 2 fully saturated rings. The van der Waals surface area contributed by atoms with E-state index in [0.717, 1.165) is 24.2 Å². The van der Waals surface area contributed by atoms with Gasteiger partial charge in [-0.15, -0.1) is 11.3 Å². The highest BCUT2D eigenvalue weighted by Gasteiger charge is 2.33. The molecule has 1 atom stereocenters. The van der Waals surface area contributed by atoms with E-state index in [4.69, 9.17) is 5.11 Å². The number of nitrogens with one attached hydrogen (secondary N) is 1. The topological polar surface area (TPSA) is 65.5 Å². The predicted molar refractivity (Wildman–Crippen MR) is 73.5 cm³/mol. The quantitative estimate of drug-likeness (QED) is 0.825. The Bertz CT molecular complexity index is 458. The molecule has 6 heteroatoms. The van der Waals surface area contributed by atoms with Crippen LogP contribution >= 0.6 is 11.3 Å². The lowest BCUT2D eigenvalue weighted by atomic mass is 10.1. The molecule has 104 valence electrons. The largest absolute Gasteiger partial charge is 0.476 e. The first-order valence-corrected chi connectivity index (χ1v) is 7.73. The average molecular weight is 281 g/mol. The minimum Gasteiger partial charge on any atom is -0.476 e. The number of carboxylic acids is 1. The summed E-state index contributed by atoms with van der Waals surface area (Å²) in [6.07, 6.45) is 4.05. The number of hydrogen-bond donors (Lipinski definition) is 2. The van der Waals surface area contributed by atoms with Gasteiger partial charge in [0, 0.05) is 24.5 Å². The van der Waals surface area contributed by atoms with Crippen LogP contribution in [0.4, 0.5) is 0 Å². The average Bonchev–Trinajstić information content (AvgIpc) is 2.94. The lowest BCUT2D eigenvalue weighted by Crippen LogP contribution is -2.27. The number of carboxylic acid groups (broad SMARTS) is 1. The third-order valence-electron chi connectivity index (χ3n) is 3.85. The fourth-order valence-electron chi connectivity index (χ4n) is 2.69. The van der Waals surface area contributed by atoms with Crippen molar-refractivity contribution in [2.24, 2.45) is 5.92 Å². The van der Waals surface area contributed by atoms with Crippen molar-refractivity contribution in [3.8, 4) is 0 Å². The Morgan fingerprint density at radius 1 is 1.53 bits per heavy atom. The van der Waals surface area contributed by atoms with Crippen molar-refractivity contribution in [2.45, 2.75) is 31.8 Å². The summed E-state index contributed by atoms with van der Waals surface area (Å²) in [5, 5.41) is 14.2. The monoisotopic (exact) mass is 281 g/mol. The molecule has 1 aromatic rings. The molecule has 0 bridgehead atoms. The first-order chi connectivity index (χ1) is 9.22. The highest BCUT2D eigenvalue weighted by atomic mass is 32.1. The minimum absolute atomic E-state index is 0.178. The number of hydrogen-bond acceptors (Lipinski definition) is 5. The fraction of sp³-hybridized carbons (Fsp3) is 0.692. The number of nitrogens with zero attached hydrogens (tertiary/aromatic N) is 2. The summed E-state index contributed by atoms with van der Waals surface area (Å²) in [6.45, 7) is 4.14. The van der Waals surface area contributed by atoms with Gasteiger partial charge in [-0.3, -0.25) is 0 Å². The van der Waals surface area contributed by atoms with Gasteiger partial charge in [-0.25, -0.2) is 9.78 Å². The SMILES string of the molecule is O=C(O)c1nc(CNCC2CCN(C3CC3)C2)cs1. The smallest absolute Gasteiger partial charge is 0.365 e. The molecular formula is C13H19N3O2S. The zero-order chi connectivity index (χ0) is 13.2. The van der Waals surface area contributed by atoms with Gasteiger partial charge in [0.05, 0.1) is 5.69 Å². The molecule has 19 heavy (non-hydrogen) atoms. The van der Waals surface area contributed by atoms with Crippen molar-refractivity contribution in [2.75, 3.05) is 19.6 Å². The van der Waals surface area contributed by atoms with Gasteiger partial charge in [0.15, 0.2) is 0 Å². The van der Waals surface area contributed by atoms with Gasteiger partial charge in [0.2, 0.25) is 5.01 Å². The van der Waals surface area contributed by atoms with Gasteiger partial charge >= 0.3 is 5.97 Å². The van der Waals surface area contributed by atoms with E-state index in [9.17, 15) is 4.79 Å². The number of carbonyl (C=O) groups is 1. The molecular weight excluding hydrogens is 262 g/mol. The van der Waals surface area contributed by atoms with Gasteiger partial charge < -0.3 is 15.3 Å². The third kappa shape index (κ3) is 3.32. The summed E-state index contributed by atoms with van der Waals surface area (Å²) in [4.78, 5) is 17.4. The molecule has 1 aliphatic heterocycles. The van der Waals surface area contributed by atoms with E-state index >= 15 is 0 Å². The maximum atomic E-state index is 10.7. The minimum atomic E-state index is -0.938. The molecule has 1 aromatic heterocycles. The third-order valence-corrected chi connectivity index (χ3v) is 4.73. The zero-order valence-electron chi connectivity index (χ0n) is 10.8. The molecule has 2 aliphatic rings. The molecule has 5 nitrogen and oxygen atoms in total. The van der Waals surface area contributed by atoms with Crippen LogP contribution in [0.25, 0.3) is 0 Å². The zero-order valence-corrected chi connectivity index (χ0v) is 11.7. The van der Waals surface area contributed by atoms with Crippen LogP contribution < -0.4 is 5.32 Å². The van der Waals surface area contributed by atoms with Crippen LogP contribution in [0, 0.1) is 5.92 Å². The van der Waals surface area contributed by atoms with Crippen LogP contribution in [0.3, 0.4) is 0 Å². The van der Waals surface area contributed by atoms with Crippen molar-refractivity contribution < 1.29 is 9.90 Å². The molecule has 2 heterocycles. The maximum Gasteiger partial charge on any atom is 0.365 e. The van der Waals surface area contributed by atoms with Crippen molar-refractivity contribution in [1.82, 2.24) is 15.2 Å². The molecule has 3 rings (SSSR count). The Balaban J connectivity index is 1.39. The second kappa shape index (κ2) is 5.56. The maximum absolute atomic E-state index is 10.7. The second-order valence-electron chi connectivity index (χ2n) is 5.46. The normalized spacial score (nSPS) is 23.9. The van der Waals surface area contributed by atoms with Gasteiger partial charge in [0.25, 0.3) is 0 Å². The van der Waals surface area contributed by atoms with Gasteiger partial charge in [-0.05, 0) is 38.3 Å². The number of aromatic carboxylic acids is 1. The van der Waals surface area contributed by atoms with Gasteiger partial charge in [-0.2, -0.15) is 0 Å². The molecule has 0 aromatic carbocycles. The molecule has 1 saturated heterocycles. The summed E-state index contributed by atoms with van der Waals surface area (Å²) in [5.41, 5.74) is 0.833. The van der Waals surface area contributed by atoms with Crippen LogP contribution in [-0.4, -0.2) is 46.6 Å². The summed E-state index contributed by atoms with van der Waals surface area (Å²) in [6, 6.07) is 0.877. The van der Waals surface area contributed by atoms with E-state index < -0.39 is 5.97 Å². The Kier molecular flexibility index (Phi) is 3.81. The first kappa shape index (κ1) is 13.0. The molecule has 1 unspecified atom stereocenters. The predicted octanol–water partition coefficient (Wildman–Crippen LogP) is 1.42. The Hall–Kier alpha value is -0.980. The van der Waals surface area contributed by atoms with Crippen LogP contribution in [0.15, 0.2) is 5.38 Å². The molecule has 1 saturated carbocycles. The van der Waals surface area contributed by atoms with Gasteiger partial charge in [-0.1, -0.05) is 0 Å². The van der Waals surface area contributed by atoms with E-state index in [2.05, 4.69) is 15.2 Å². The van der Waals surface area contributed by atoms with Crippen LogP contribution in [0.1, 0.15) is 34.8 Å². The Labute approximate surface area is 116 Å². The Morgan fingerprint density at radius 3 is 3.05 bits per heavy atom. The summed E-state index contributed by atoms with van der Waals surface area (Å²) in [5.74, 6) is -0.203. The molecule has 0 amide bonds. The van der Waals surface area contributed by atoms with E-state index in [0.29, 0.717) is 6.54 Å². The fourth-order valence-corrected chi connectivity index (χ4v) is 3.35. The second-order valence-corrected chi connectivity index (χ2v) is 6.32. The van der Waals surface area contributed by atoms with Crippen molar-refractivity contribution >= 4 is 17.3 Å². The van der Waals surface area contributed by atoms with E-state index in [1.807, 2.05) is 5.38 Å². The Morgan fingerprint density at radius 2 is 2.37 bits per heavy atom.